The summed E-state index contributed by atoms with van der Waals surface area (Å²) in [5.74, 6) is 0.344. The van der Waals surface area contributed by atoms with Gasteiger partial charge in [0.1, 0.15) is 16.6 Å². The van der Waals surface area contributed by atoms with Crippen molar-refractivity contribution in [1.82, 2.24) is 9.88 Å². The highest BCUT2D eigenvalue weighted by atomic mass is 35.5. The van der Waals surface area contributed by atoms with E-state index in [9.17, 15) is 9.90 Å². The molecule has 0 bridgehead atoms. The minimum atomic E-state index is -0.818. The van der Waals surface area contributed by atoms with Gasteiger partial charge in [-0.2, -0.15) is 0 Å². The van der Waals surface area contributed by atoms with Gasteiger partial charge in [-0.25, -0.2) is 0 Å². The van der Waals surface area contributed by atoms with Crippen molar-refractivity contribution in [3.63, 3.8) is 0 Å². The number of aliphatic hydroxyl groups is 1. The summed E-state index contributed by atoms with van der Waals surface area (Å²) in [6.45, 7) is 0.0750. The molecule has 0 spiro atoms. The van der Waals surface area contributed by atoms with E-state index < -0.39 is 6.10 Å². The number of carbonyl (C=O) groups is 1. The molecule has 0 radical (unpaired) electrons. The Morgan fingerprint density at radius 2 is 2.00 bits per heavy atom. The quantitative estimate of drug-likeness (QED) is 0.878. The molecule has 118 valence electrons. The summed E-state index contributed by atoms with van der Waals surface area (Å²) in [4.78, 5) is 12.1. The van der Waals surface area contributed by atoms with Crippen LogP contribution in [0.3, 0.4) is 0 Å². The number of hydrogen-bond donors (Lipinski definition) is 2. The molecule has 1 heterocycles. The van der Waals surface area contributed by atoms with Crippen molar-refractivity contribution in [1.29, 1.82) is 0 Å². The Hall–Kier alpha value is -1.69. The van der Waals surface area contributed by atoms with Gasteiger partial charge in [-0.3, -0.25) is 4.79 Å². The molecule has 0 fully saturated rings. The smallest absolute Gasteiger partial charge is 0.268 e. The molecule has 22 heavy (non-hydrogen) atoms. The van der Waals surface area contributed by atoms with Gasteiger partial charge in [0.05, 0.1) is 18.2 Å². The molecule has 7 heteroatoms. The monoisotopic (exact) mass is 342 g/mol. The molecule has 0 aliphatic carbocycles. The molecule has 2 aromatic rings. The number of aromatic nitrogens is 1. The van der Waals surface area contributed by atoms with Crippen LogP contribution in [-0.4, -0.2) is 29.2 Å². The lowest BCUT2D eigenvalue weighted by Gasteiger charge is -2.13. The second-order valence-electron chi connectivity index (χ2n) is 4.73. The molecular formula is C15H16Cl2N2O3. The van der Waals surface area contributed by atoms with Gasteiger partial charge in [0.2, 0.25) is 0 Å². The van der Waals surface area contributed by atoms with E-state index in [-0.39, 0.29) is 12.5 Å². The number of benzene rings is 1. The first-order valence-corrected chi connectivity index (χ1v) is 7.30. The maximum Gasteiger partial charge on any atom is 0.268 e. The highest BCUT2D eigenvalue weighted by Gasteiger charge is 2.17. The van der Waals surface area contributed by atoms with E-state index in [0.29, 0.717) is 27.2 Å². The van der Waals surface area contributed by atoms with Gasteiger partial charge in [-0.15, -0.1) is 0 Å². The fourth-order valence-electron chi connectivity index (χ4n) is 1.98. The number of methoxy groups -OCH3 is 1. The highest BCUT2D eigenvalue weighted by molar-refractivity contribution is 6.41. The Morgan fingerprint density at radius 3 is 2.50 bits per heavy atom. The first-order chi connectivity index (χ1) is 10.4. The van der Waals surface area contributed by atoms with Crippen molar-refractivity contribution in [2.75, 3.05) is 13.7 Å². The number of ether oxygens (including phenoxy) is 1. The third-order valence-electron chi connectivity index (χ3n) is 3.31. The molecule has 1 atom stereocenters. The third kappa shape index (κ3) is 3.55. The maximum atomic E-state index is 12.1. The Morgan fingerprint density at radius 1 is 1.36 bits per heavy atom. The number of hydrogen-bond acceptors (Lipinski definition) is 3. The van der Waals surface area contributed by atoms with Crippen LogP contribution in [0.25, 0.3) is 0 Å². The number of nitrogens with one attached hydrogen (secondary N) is 1. The zero-order chi connectivity index (χ0) is 16.3. The molecule has 0 saturated heterocycles. The first kappa shape index (κ1) is 16.7. The summed E-state index contributed by atoms with van der Waals surface area (Å²) in [7, 11) is 3.21. The van der Waals surface area contributed by atoms with E-state index in [1.807, 2.05) is 0 Å². The number of rotatable bonds is 5. The predicted octanol–water partition coefficient (Wildman–Crippen LogP) is 2.80. The van der Waals surface area contributed by atoms with Crippen molar-refractivity contribution >= 4 is 29.1 Å². The van der Waals surface area contributed by atoms with Crippen LogP contribution in [-0.2, 0) is 7.05 Å². The second-order valence-corrected chi connectivity index (χ2v) is 5.49. The SMILES string of the molecule is COc1ccc(C(O)CNC(=O)c2cc(Cl)c(Cl)n2C)cc1. The average Bonchev–Trinajstić information content (AvgIpc) is 2.80. The third-order valence-corrected chi connectivity index (χ3v) is 4.15. The lowest BCUT2D eigenvalue weighted by Crippen LogP contribution is -2.29. The molecule has 0 aliphatic rings. The number of nitrogens with zero attached hydrogens (tertiary/aromatic N) is 1. The Balaban J connectivity index is 1.99. The summed E-state index contributed by atoms with van der Waals surface area (Å²) in [6.07, 6.45) is -0.818. The fourth-order valence-corrected chi connectivity index (χ4v) is 2.36. The Labute approximate surface area is 138 Å². The van der Waals surface area contributed by atoms with Crippen molar-refractivity contribution in [3.8, 4) is 5.75 Å². The van der Waals surface area contributed by atoms with E-state index in [1.165, 1.54) is 10.6 Å². The zero-order valence-corrected chi connectivity index (χ0v) is 13.6. The van der Waals surface area contributed by atoms with Crippen molar-refractivity contribution in [3.05, 3.63) is 51.8 Å². The minimum absolute atomic E-state index is 0.0750. The Kier molecular flexibility index (Phi) is 5.34. The molecule has 1 aromatic carbocycles. The van der Waals surface area contributed by atoms with Crippen LogP contribution < -0.4 is 10.1 Å². The minimum Gasteiger partial charge on any atom is -0.497 e. The van der Waals surface area contributed by atoms with E-state index in [2.05, 4.69) is 5.32 Å². The normalized spacial score (nSPS) is 12.0. The van der Waals surface area contributed by atoms with Gasteiger partial charge in [0.25, 0.3) is 5.91 Å². The van der Waals surface area contributed by atoms with Gasteiger partial charge >= 0.3 is 0 Å². The predicted molar refractivity (Wildman–Crippen MR) is 85.7 cm³/mol. The van der Waals surface area contributed by atoms with E-state index >= 15 is 0 Å². The summed E-state index contributed by atoms with van der Waals surface area (Å²) >= 11 is 11.8. The molecule has 1 unspecified atom stereocenters. The zero-order valence-electron chi connectivity index (χ0n) is 12.1. The number of halogens is 2. The number of aliphatic hydroxyl groups excluding tert-OH is 1. The molecule has 1 amide bonds. The molecule has 5 nitrogen and oxygen atoms in total. The number of amides is 1. The van der Waals surface area contributed by atoms with E-state index in [1.54, 1.807) is 38.4 Å². The number of carbonyl (C=O) groups excluding carboxylic acids is 1. The van der Waals surface area contributed by atoms with E-state index in [4.69, 9.17) is 27.9 Å². The topological polar surface area (TPSA) is 63.5 Å². The molecular weight excluding hydrogens is 327 g/mol. The van der Waals surface area contributed by atoms with Crippen LogP contribution in [0.1, 0.15) is 22.2 Å². The summed E-state index contributed by atoms with van der Waals surface area (Å²) in [5, 5.41) is 13.3. The average molecular weight is 343 g/mol. The summed E-state index contributed by atoms with van der Waals surface area (Å²) in [6, 6.07) is 8.46. The van der Waals surface area contributed by atoms with Crippen molar-refractivity contribution < 1.29 is 14.6 Å². The maximum absolute atomic E-state index is 12.1. The van der Waals surface area contributed by atoms with Crippen LogP contribution in [0, 0.1) is 0 Å². The van der Waals surface area contributed by atoms with E-state index in [0.717, 1.165) is 0 Å². The first-order valence-electron chi connectivity index (χ1n) is 6.55. The van der Waals surface area contributed by atoms with Crippen molar-refractivity contribution in [2.24, 2.45) is 7.05 Å². The van der Waals surface area contributed by atoms with Gasteiger partial charge in [-0.1, -0.05) is 35.3 Å². The standard InChI is InChI=1S/C15H16Cl2N2O3/c1-19-12(7-11(16)14(19)17)15(21)18-8-13(20)9-3-5-10(22-2)6-4-9/h3-7,13,20H,8H2,1-2H3,(H,18,21). The van der Waals surface area contributed by atoms with Crippen LogP contribution in [0.5, 0.6) is 5.75 Å². The molecule has 2 rings (SSSR count). The highest BCUT2D eigenvalue weighted by Crippen LogP contribution is 2.25. The molecule has 1 aromatic heterocycles. The van der Waals surface area contributed by atoms with Gasteiger partial charge < -0.3 is 19.7 Å². The largest absolute Gasteiger partial charge is 0.497 e. The van der Waals surface area contributed by atoms with Crippen molar-refractivity contribution in [2.45, 2.75) is 6.10 Å². The lowest BCUT2D eigenvalue weighted by atomic mass is 10.1. The Bertz CT molecular complexity index is 668. The van der Waals surface area contributed by atoms with Crippen LogP contribution >= 0.6 is 23.2 Å². The summed E-state index contributed by atoms with van der Waals surface area (Å²) in [5.41, 5.74) is 1.01. The van der Waals surface area contributed by atoms with Gasteiger partial charge in [0.15, 0.2) is 0 Å². The van der Waals surface area contributed by atoms with Crippen LogP contribution in [0.2, 0.25) is 10.2 Å². The summed E-state index contributed by atoms with van der Waals surface area (Å²) < 4.78 is 6.54. The van der Waals surface area contributed by atoms with Crippen LogP contribution in [0.15, 0.2) is 30.3 Å². The second kappa shape index (κ2) is 7.05. The van der Waals surface area contributed by atoms with Crippen LogP contribution in [0.4, 0.5) is 0 Å². The molecule has 2 N–H and O–H groups in total. The fraction of sp³-hybridized carbons (Fsp3) is 0.267. The van der Waals surface area contributed by atoms with Gasteiger partial charge in [0, 0.05) is 13.6 Å². The van der Waals surface area contributed by atoms with Gasteiger partial charge in [-0.05, 0) is 23.8 Å². The molecule has 0 saturated carbocycles. The molecule has 0 aliphatic heterocycles. The lowest BCUT2D eigenvalue weighted by molar-refractivity contribution is 0.0908.